The van der Waals surface area contributed by atoms with Crippen LogP contribution in [0, 0.1) is 0 Å². The van der Waals surface area contributed by atoms with E-state index in [9.17, 15) is 5.11 Å². The third kappa shape index (κ3) is 2.36. The summed E-state index contributed by atoms with van der Waals surface area (Å²) >= 11 is 0. The third-order valence-electron chi connectivity index (χ3n) is 2.01. The third-order valence-corrected chi connectivity index (χ3v) is 2.01. The van der Waals surface area contributed by atoms with Crippen molar-refractivity contribution in [3.63, 3.8) is 0 Å². The van der Waals surface area contributed by atoms with Gasteiger partial charge in [-0.2, -0.15) is 0 Å². The number of rotatable bonds is 3. The molecule has 0 aromatic heterocycles. The van der Waals surface area contributed by atoms with Crippen molar-refractivity contribution in [3.8, 4) is 11.5 Å². The van der Waals surface area contributed by atoms with E-state index in [0.717, 1.165) is 12.8 Å². The van der Waals surface area contributed by atoms with Crippen molar-refractivity contribution >= 4 is 0 Å². The minimum absolute atomic E-state index is 0.0601. The van der Waals surface area contributed by atoms with Gasteiger partial charge in [0.2, 0.25) is 0 Å². The van der Waals surface area contributed by atoms with Gasteiger partial charge in [-0.15, -0.1) is 0 Å². The summed E-state index contributed by atoms with van der Waals surface area (Å²) in [4.78, 5) is 0. The summed E-state index contributed by atoms with van der Waals surface area (Å²) in [6.45, 7) is 2.04. The van der Waals surface area contributed by atoms with Crippen molar-refractivity contribution in [1.29, 1.82) is 0 Å². The second kappa shape index (κ2) is 4.14. The number of phenols is 2. The van der Waals surface area contributed by atoms with Gasteiger partial charge in [0.1, 0.15) is 11.5 Å². The molecule has 0 aliphatic heterocycles. The standard InChI is InChI=1S/C10H15NO2/c1-2-3-9(11)8-5-4-7(12)6-10(8)13/h4-6,9,12-13H,2-3,11H2,1H3/t9-/m1/s1. The first-order valence-electron chi connectivity index (χ1n) is 4.42. The average Bonchev–Trinajstić information content (AvgIpc) is 2.04. The Morgan fingerprint density at radius 2 is 2.08 bits per heavy atom. The van der Waals surface area contributed by atoms with Crippen molar-refractivity contribution in [2.45, 2.75) is 25.8 Å². The summed E-state index contributed by atoms with van der Waals surface area (Å²) in [5.74, 6) is 0.130. The lowest BCUT2D eigenvalue weighted by molar-refractivity contribution is 0.439. The van der Waals surface area contributed by atoms with E-state index in [1.807, 2.05) is 6.92 Å². The summed E-state index contributed by atoms with van der Waals surface area (Å²) in [5, 5.41) is 18.5. The fourth-order valence-corrected chi connectivity index (χ4v) is 1.31. The van der Waals surface area contributed by atoms with Crippen LogP contribution in [-0.2, 0) is 0 Å². The lowest BCUT2D eigenvalue weighted by atomic mass is 10.0. The largest absolute Gasteiger partial charge is 0.508 e. The van der Waals surface area contributed by atoms with Crippen LogP contribution in [0.25, 0.3) is 0 Å². The smallest absolute Gasteiger partial charge is 0.124 e. The minimum Gasteiger partial charge on any atom is -0.508 e. The molecule has 3 heteroatoms. The average molecular weight is 181 g/mol. The second-order valence-electron chi connectivity index (χ2n) is 3.14. The predicted molar refractivity (Wildman–Crippen MR) is 51.6 cm³/mol. The minimum atomic E-state index is -0.148. The normalized spacial score (nSPS) is 12.8. The predicted octanol–water partition coefficient (Wildman–Crippen LogP) is 1.90. The van der Waals surface area contributed by atoms with Gasteiger partial charge < -0.3 is 15.9 Å². The molecular formula is C10H15NO2. The molecule has 0 amide bonds. The second-order valence-corrected chi connectivity index (χ2v) is 3.14. The van der Waals surface area contributed by atoms with Crippen LogP contribution in [0.4, 0.5) is 0 Å². The van der Waals surface area contributed by atoms with E-state index in [0.29, 0.717) is 5.56 Å². The first-order valence-corrected chi connectivity index (χ1v) is 4.42. The maximum absolute atomic E-state index is 9.45. The molecule has 0 aliphatic carbocycles. The topological polar surface area (TPSA) is 66.5 Å². The molecule has 0 fully saturated rings. The Balaban J connectivity index is 2.88. The van der Waals surface area contributed by atoms with E-state index in [1.165, 1.54) is 12.1 Å². The summed E-state index contributed by atoms with van der Waals surface area (Å²) in [6.07, 6.45) is 1.81. The number of benzene rings is 1. The Hall–Kier alpha value is -1.22. The van der Waals surface area contributed by atoms with E-state index < -0.39 is 0 Å². The van der Waals surface area contributed by atoms with Crippen LogP contribution < -0.4 is 5.73 Å². The Kier molecular flexibility index (Phi) is 3.14. The summed E-state index contributed by atoms with van der Waals surface area (Å²) in [7, 11) is 0. The maximum Gasteiger partial charge on any atom is 0.124 e. The van der Waals surface area contributed by atoms with Crippen molar-refractivity contribution in [1.82, 2.24) is 0 Å². The molecule has 0 aliphatic rings. The van der Waals surface area contributed by atoms with Gasteiger partial charge in [0.15, 0.2) is 0 Å². The zero-order chi connectivity index (χ0) is 9.84. The fraction of sp³-hybridized carbons (Fsp3) is 0.400. The Bertz CT molecular complexity index is 286. The number of aromatic hydroxyl groups is 2. The Morgan fingerprint density at radius 3 is 2.62 bits per heavy atom. The van der Waals surface area contributed by atoms with Crippen molar-refractivity contribution < 1.29 is 10.2 Å². The summed E-state index contributed by atoms with van der Waals surface area (Å²) in [5.41, 5.74) is 6.51. The number of nitrogens with two attached hydrogens (primary N) is 1. The number of hydrogen-bond donors (Lipinski definition) is 3. The highest BCUT2D eigenvalue weighted by molar-refractivity contribution is 5.40. The van der Waals surface area contributed by atoms with E-state index in [2.05, 4.69) is 0 Å². The molecule has 0 spiro atoms. The first kappa shape index (κ1) is 9.86. The quantitative estimate of drug-likeness (QED) is 0.667. The highest BCUT2D eigenvalue weighted by Gasteiger charge is 2.09. The molecule has 3 nitrogen and oxygen atoms in total. The fourth-order valence-electron chi connectivity index (χ4n) is 1.31. The molecule has 0 radical (unpaired) electrons. The molecule has 72 valence electrons. The summed E-state index contributed by atoms with van der Waals surface area (Å²) in [6, 6.07) is 4.35. The molecule has 0 heterocycles. The molecule has 0 saturated carbocycles. The number of phenolic OH excluding ortho intramolecular Hbond substituents is 2. The molecule has 1 aromatic rings. The number of hydrogen-bond acceptors (Lipinski definition) is 3. The molecule has 4 N–H and O–H groups in total. The van der Waals surface area contributed by atoms with Gasteiger partial charge >= 0.3 is 0 Å². The van der Waals surface area contributed by atoms with Crippen LogP contribution in [0.15, 0.2) is 18.2 Å². The van der Waals surface area contributed by atoms with E-state index in [1.54, 1.807) is 6.07 Å². The van der Waals surface area contributed by atoms with E-state index >= 15 is 0 Å². The van der Waals surface area contributed by atoms with Crippen LogP contribution in [0.5, 0.6) is 11.5 Å². The molecule has 1 atom stereocenters. The highest BCUT2D eigenvalue weighted by atomic mass is 16.3. The van der Waals surface area contributed by atoms with Gasteiger partial charge in [-0.05, 0) is 12.5 Å². The van der Waals surface area contributed by atoms with Crippen molar-refractivity contribution in [2.75, 3.05) is 0 Å². The van der Waals surface area contributed by atoms with Gasteiger partial charge in [-0.25, -0.2) is 0 Å². The van der Waals surface area contributed by atoms with Gasteiger partial charge in [0.05, 0.1) is 0 Å². The van der Waals surface area contributed by atoms with Crippen LogP contribution >= 0.6 is 0 Å². The molecular weight excluding hydrogens is 166 g/mol. The zero-order valence-corrected chi connectivity index (χ0v) is 7.70. The van der Waals surface area contributed by atoms with Crippen LogP contribution in [0.1, 0.15) is 31.4 Å². The Labute approximate surface area is 77.8 Å². The zero-order valence-electron chi connectivity index (χ0n) is 7.70. The Morgan fingerprint density at radius 1 is 1.38 bits per heavy atom. The van der Waals surface area contributed by atoms with Gasteiger partial charge in [-0.3, -0.25) is 0 Å². The van der Waals surface area contributed by atoms with Crippen molar-refractivity contribution in [2.24, 2.45) is 5.73 Å². The molecule has 0 saturated heterocycles. The lowest BCUT2D eigenvalue weighted by Crippen LogP contribution is -2.09. The van der Waals surface area contributed by atoms with E-state index in [4.69, 9.17) is 10.8 Å². The van der Waals surface area contributed by atoms with Crippen LogP contribution in [-0.4, -0.2) is 10.2 Å². The van der Waals surface area contributed by atoms with Crippen LogP contribution in [0.3, 0.4) is 0 Å². The lowest BCUT2D eigenvalue weighted by Gasteiger charge is -2.12. The van der Waals surface area contributed by atoms with E-state index in [-0.39, 0.29) is 17.5 Å². The molecule has 0 unspecified atom stereocenters. The molecule has 0 bridgehead atoms. The van der Waals surface area contributed by atoms with Crippen molar-refractivity contribution in [3.05, 3.63) is 23.8 Å². The van der Waals surface area contributed by atoms with Gasteiger partial charge in [0, 0.05) is 17.7 Å². The molecule has 1 aromatic carbocycles. The van der Waals surface area contributed by atoms with Gasteiger partial charge in [0.25, 0.3) is 0 Å². The monoisotopic (exact) mass is 181 g/mol. The summed E-state index contributed by atoms with van der Waals surface area (Å²) < 4.78 is 0. The maximum atomic E-state index is 9.45. The molecule has 13 heavy (non-hydrogen) atoms. The highest BCUT2D eigenvalue weighted by Crippen LogP contribution is 2.28. The SMILES string of the molecule is CCC[C@@H](N)c1ccc(O)cc1O. The van der Waals surface area contributed by atoms with Gasteiger partial charge in [-0.1, -0.05) is 19.4 Å². The molecule has 1 rings (SSSR count). The first-order chi connectivity index (χ1) is 6.15. The van der Waals surface area contributed by atoms with Crippen LogP contribution in [0.2, 0.25) is 0 Å².